The molecule has 2 aromatic carbocycles. The third-order valence-corrected chi connectivity index (χ3v) is 7.39. The first kappa shape index (κ1) is 25.6. The second-order valence-corrected chi connectivity index (χ2v) is 9.77. The van der Waals surface area contributed by atoms with E-state index in [-0.39, 0.29) is 29.1 Å². The number of nitrogens with zero attached hydrogens (tertiary/aromatic N) is 3. The lowest BCUT2D eigenvalue weighted by Crippen LogP contribution is -2.25. The zero-order valence-corrected chi connectivity index (χ0v) is 22.1. The highest BCUT2D eigenvalue weighted by Gasteiger charge is 2.16. The topological polar surface area (TPSA) is 88.9 Å². The van der Waals surface area contributed by atoms with Gasteiger partial charge >= 0.3 is 0 Å². The smallest absolute Gasteiger partial charge is 0.253 e. The summed E-state index contributed by atoms with van der Waals surface area (Å²) in [6.07, 6.45) is 0. The van der Waals surface area contributed by atoms with Crippen molar-refractivity contribution >= 4 is 68.4 Å². The maximum Gasteiger partial charge on any atom is 0.253 e. The predicted octanol–water partition coefficient (Wildman–Crippen LogP) is 5.64. The van der Waals surface area contributed by atoms with Crippen molar-refractivity contribution in [1.29, 1.82) is 0 Å². The molecule has 0 radical (unpaired) electrons. The van der Waals surface area contributed by atoms with Crippen molar-refractivity contribution in [3.8, 4) is 0 Å². The molecule has 0 aliphatic carbocycles. The average Bonchev–Trinajstić information content (AvgIpc) is 3.18. The average molecular weight is 571 g/mol. The highest BCUT2D eigenvalue weighted by Crippen LogP contribution is 2.26. The SMILES string of the molecule is CCn1c(CNC(=O)c2ccc(Cl)cc2Cl)nnc1SCC(=O)Nc1ccc(Br)c(C)c1C. The molecule has 3 aromatic rings. The summed E-state index contributed by atoms with van der Waals surface area (Å²) in [5.74, 6) is 0.288. The van der Waals surface area contributed by atoms with Gasteiger partial charge in [-0.2, -0.15) is 0 Å². The van der Waals surface area contributed by atoms with Gasteiger partial charge in [-0.1, -0.05) is 50.9 Å². The van der Waals surface area contributed by atoms with E-state index in [1.54, 1.807) is 12.1 Å². The number of benzene rings is 2. The maximum atomic E-state index is 12.5. The van der Waals surface area contributed by atoms with Crippen LogP contribution in [0.1, 0.15) is 34.2 Å². The fourth-order valence-electron chi connectivity index (χ4n) is 3.04. The second kappa shape index (κ2) is 11.4. The van der Waals surface area contributed by atoms with Crippen LogP contribution in [0.3, 0.4) is 0 Å². The molecular formula is C22H22BrCl2N5O2S. The Morgan fingerprint density at radius 1 is 1.12 bits per heavy atom. The second-order valence-electron chi connectivity index (χ2n) is 7.13. The van der Waals surface area contributed by atoms with Gasteiger partial charge in [0.15, 0.2) is 11.0 Å². The third kappa shape index (κ3) is 6.29. The Morgan fingerprint density at radius 3 is 2.58 bits per heavy atom. The summed E-state index contributed by atoms with van der Waals surface area (Å²) in [5.41, 5.74) is 3.20. The van der Waals surface area contributed by atoms with Gasteiger partial charge in [-0.3, -0.25) is 9.59 Å². The van der Waals surface area contributed by atoms with E-state index in [0.29, 0.717) is 28.1 Å². The largest absolute Gasteiger partial charge is 0.345 e. The van der Waals surface area contributed by atoms with Gasteiger partial charge in [0.05, 0.1) is 22.9 Å². The van der Waals surface area contributed by atoms with Crippen LogP contribution in [0.15, 0.2) is 40.0 Å². The van der Waals surface area contributed by atoms with E-state index in [1.165, 1.54) is 17.8 Å². The van der Waals surface area contributed by atoms with Gasteiger partial charge in [-0.05, 0) is 62.2 Å². The lowest BCUT2D eigenvalue weighted by Gasteiger charge is -2.12. The van der Waals surface area contributed by atoms with Crippen LogP contribution in [0.2, 0.25) is 10.0 Å². The van der Waals surface area contributed by atoms with E-state index in [9.17, 15) is 9.59 Å². The number of anilines is 1. The van der Waals surface area contributed by atoms with Crippen molar-refractivity contribution in [2.45, 2.75) is 39.0 Å². The van der Waals surface area contributed by atoms with Crippen molar-refractivity contribution in [3.63, 3.8) is 0 Å². The minimum atomic E-state index is -0.337. The van der Waals surface area contributed by atoms with Crippen LogP contribution in [0, 0.1) is 13.8 Å². The van der Waals surface area contributed by atoms with Gasteiger partial charge in [-0.15, -0.1) is 10.2 Å². The molecule has 7 nitrogen and oxygen atoms in total. The molecule has 2 amide bonds. The Hall–Kier alpha value is -2.07. The van der Waals surface area contributed by atoms with Gasteiger partial charge in [0, 0.05) is 21.7 Å². The first-order valence-electron chi connectivity index (χ1n) is 10.0. The van der Waals surface area contributed by atoms with Gasteiger partial charge in [0.2, 0.25) is 5.91 Å². The lowest BCUT2D eigenvalue weighted by atomic mass is 10.1. The highest BCUT2D eigenvalue weighted by molar-refractivity contribution is 9.10. The van der Waals surface area contributed by atoms with Crippen molar-refractivity contribution in [1.82, 2.24) is 20.1 Å². The molecule has 0 aliphatic rings. The van der Waals surface area contributed by atoms with Crippen LogP contribution >= 0.6 is 50.9 Å². The predicted molar refractivity (Wildman–Crippen MR) is 136 cm³/mol. The molecule has 0 fully saturated rings. The Bertz CT molecular complexity index is 1200. The summed E-state index contributed by atoms with van der Waals surface area (Å²) in [7, 11) is 0. The number of thioether (sulfide) groups is 1. The Labute approximate surface area is 214 Å². The number of nitrogens with one attached hydrogen (secondary N) is 2. The Morgan fingerprint density at radius 2 is 1.88 bits per heavy atom. The first-order valence-corrected chi connectivity index (χ1v) is 12.6. The first-order chi connectivity index (χ1) is 15.7. The molecule has 0 aliphatic heterocycles. The molecule has 3 rings (SSSR count). The molecule has 11 heteroatoms. The van der Waals surface area contributed by atoms with Crippen LogP contribution in [-0.2, 0) is 17.9 Å². The van der Waals surface area contributed by atoms with Crippen molar-refractivity contribution in [3.05, 3.63) is 67.4 Å². The fourth-order valence-corrected chi connectivity index (χ4v) is 4.79. The molecular weight excluding hydrogens is 549 g/mol. The van der Waals surface area contributed by atoms with Crippen molar-refractivity contribution in [2.75, 3.05) is 11.1 Å². The standard InChI is InChI=1S/C22H22BrCl2N5O2S/c1-4-30-19(10-26-21(32)15-6-5-14(24)9-17(15)25)28-29-22(30)33-11-20(31)27-18-8-7-16(23)12(2)13(18)3/h5-9H,4,10-11H2,1-3H3,(H,26,32)(H,27,31). The molecule has 1 aromatic heterocycles. The summed E-state index contributed by atoms with van der Waals surface area (Å²) < 4.78 is 2.86. The van der Waals surface area contributed by atoms with Gasteiger partial charge < -0.3 is 15.2 Å². The lowest BCUT2D eigenvalue weighted by molar-refractivity contribution is -0.113. The number of carbonyl (C=O) groups excluding carboxylic acids is 2. The fraction of sp³-hybridized carbons (Fsp3) is 0.273. The van der Waals surface area contributed by atoms with Crippen LogP contribution in [0.4, 0.5) is 5.69 Å². The van der Waals surface area contributed by atoms with E-state index < -0.39 is 0 Å². The quantitative estimate of drug-likeness (QED) is 0.342. The molecule has 174 valence electrons. The molecule has 0 unspecified atom stereocenters. The number of halogens is 3. The minimum Gasteiger partial charge on any atom is -0.345 e. The molecule has 2 N–H and O–H groups in total. The highest BCUT2D eigenvalue weighted by atomic mass is 79.9. The van der Waals surface area contributed by atoms with Gasteiger partial charge in [-0.25, -0.2) is 0 Å². The number of rotatable bonds is 8. The number of amides is 2. The molecule has 0 atom stereocenters. The van der Waals surface area contributed by atoms with Gasteiger partial charge in [0.1, 0.15) is 0 Å². The van der Waals surface area contributed by atoms with E-state index in [4.69, 9.17) is 23.2 Å². The van der Waals surface area contributed by atoms with E-state index in [0.717, 1.165) is 21.3 Å². The monoisotopic (exact) mass is 569 g/mol. The number of hydrogen-bond acceptors (Lipinski definition) is 5. The van der Waals surface area contributed by atoms with Crippen LogP contribution < -0.4 is 10.6 Å². The van der Waals surface area contributed by atoms with Crippen LogP contribution in [0.5, 0.6) is 0 Å². The van der Waals surface area contributed by atoms with E-state index >= 15 is 0 Å². The van der Waals surface area contributed by atoms with E-state index in [1.807, 2.05) is 37.5 Å². The number of aromatic nitrogens is 3. The van der Waals surface area contributed by atoms with Crippen molar-refractivity contribution in [2.24, 2.45) is 0 Å². The Kier molecular flexibility index (Phi) is 8.81. The van der Waals surface area contributed by atoms with Crippen LogP contribution in [0.25, 0.3) is 0 Å². The molecule has 0 saturated heterocycles. The van der Waals surface area contributed by atoms with Gasteiger partial charge in [0.25, 0.3) is 5.91 Å². The number of carbonyl (C=O) groups is 2. The molecule has 0 bridgehead atoms. The zero-order chi connectivity index (χ0) is 24.1. The summed E-state index contributed by atoms with van der Waals surface area (Å²) in [6.45, 7) is 6.67. The number of hydrogen-bond donors (Lipinski definition) is 2. The van der Waals surface area contributed by atoms with E-state index in [2.05, 4.69) is 36.8 Å². The molecule has 0 spiro atoms. The third-order valence-electron chi connectivity index (χ3n) is 5.02. The molecule has 33 heavy (non-hydrogen) atoms. The summed E-state index contributed by atoms with van der Waals surface area (Å²) in [4.78, 5) is 24.9. The molecule has 1 heterocycles. The summed E-state index contributed by atoms with van der Waals surface area (Å²) in [6, 6.07) is 8.48. The summed E-state index contributed by atoms with van der Waals surface area (Å²) >= 11 is 16.8. The maximum absolute atomic E-state index is 12.5. The normalized spacial score (nSPS) is 10.8. The molecule has 0 saturated carbocycles. The summed E-state index contributed by atoms with van der Waals surface area (Å²) in [5, 5.41) is 15.4. The zero-order valence-electron chi connectivity index (χ0n) is 18.2. The minimum absolute atomic E-state index is 0.136. The van der Waals surface area contributed by atoms with Crippen molar-refractivity contribution < 1.29 is 9.59 Å². The Balaban J connectivity index is 1.60. The van der Waals surface area contributed by atoms with Crippen LogP contribution in [-0.4, -0.2) is 32.3 Å².